The molecule has 3 aliphatic rings. The lowest BCUT2D eigenvalue weighted by molar-refractivity contribution is -0.129. The van der Waals surface area contributed by atoms with Crippen LogP contribution in [0.2, 0.25) is 0 Å². The number of anilines is 3. The lowest BCUT2D eigenvalue weighted by Gasteiger charge is -2.37. The van der Waals surface area contributed by atoms with Gasteiger partial charge in [-0.1, -0.05) is 0 Å². The van der Waals surface area contributed by atoms with Gasteiger partial charge in [-0.3, -0.25) is 9.48 Å². The third kappa shape index (κ3) is 4.42. The van der Waals surface area contributed by atoms with Gasteiger partial charge in [0.2, 0.25) is 5.91 Å². The molecule has 0 aliphatic carbocycles. The number of amides is 1. The van der Waals surface area contributed by atoms with Crippen molar-refractivity contribution in [3.63, 3.8) is 0 Å². The number of halogens is 2. The highest BCUT2D eigenvalue weighted by Crippen LogP contribution is 2.45. The summed E-state index contributed by atoms with van der Waals surface area (Å²) in [6, 6.07) is 8.08. The highest BCUT2D eigenvalue weighted by Gasteiger charge is 2.31. The normalized spacial score (nSPS) is 17.8. The van der Waals surface area contributed by atoms with Crippen LogP contribution in [0.3, 0.4) is 0 Å². The smallest absolute Gasteiger partial charge is 0.264 e. The van der Waals surface area contributed by atoms with E-state index in [0.717, 1.165) is 79.3 Å². The molecule has 0 unspecified atom stereocenters. The molecular weight excluding hydrogens is 486 g/mol. The Morgan fingerprint density at radius 2 is 1.74 bits per heavy atom. The van der Waals surface area contributed by atoms with Crippen LogP contribution >= 0.6 is 0 Å². The van der Waals surface area contributed by atoms with Crippen LogP contribution in [0.1, 0.15) is 42.0 Å². The first-order valence-corrected chi connectivity index (χ1v) is 13.3. The summed E-state index contributed by atoms with van der Waals surface area (Å²) >= 11 is 0. The number of carbonyl (C=O) groups excluding carboxylic acids is 1. The SMILES string of the molecule is CC(=O)N1Cc2cc(N3CCN(C)CC3)cc(N3CCCc4cc(-c5cnn(C)c5)c(C(F)F)cc43)c2C1. The molecule has 1 saturated heterocycles. The third-order valence-corrected chi connectivity index (χ3v) is 8.24. The average Bonchev–Trinajstić information content (AvgIpc) is 3.54. The molecule has 200 valence electrons. The summed E-state index contributed by atoms with van der Waals surface area (Å²) in [7, 11) is 3.94. The molecule has 6 rings (SSSR count). The summed E-state index contributed by atoms with van der Waals surface area (Å²) in [4.78, 5) is 21.1. The van der Waals surface area contributed by atoms with Crippen LogP contribution in [0, 0.1) is 0 Å². The van der Waals surface area contributed by atoms with E-state index in [9.17, 15) is 13.6 Å². The monoisotopic (exact) mass is 520 g/mol. The van der Waals surface area contributed by atoms with Gasteiger partial charge in [0.1, 0.15) is 0 Å². The van der Waals surface area contributed by atoms with Crippen LogP contribution in [0.15, 0.2) is 36.7 Å². The van der Waals surface area contributed by atoms with E-state index < -0.39 is 6.43 Å². The van der Waals surface area contributed by atoms with Crippen LogP contribution in [0.4, 0.5) is 25.8 Å². The maximum atomic E-state index is 14.4. The van der Waals surface area contributed by atoms with E-state index in [0.29, 0.717) is 24.2 Å². The molecular formula is C29H34F2N6O. The first-order chi connectivity index (χ1) is 18.3. The van der Waals surface area contributed by atoms with Gasteiger partial charge in [-0.25, -0.2) is 8.78 Å². The fourth-order valence-corrected chi connectivity index (χ4v) is 6.08. The standard InChI is InChI=1S/C29H34F2N6O/c1-19(38)36-17-21-11-23(35-9-7-33(2)8-10-35)13-28(26(21)18-36)37-6-4-5-20-12-24(22-15-32-34(3)16-22)25(29(30)31)14-27(20)37/h11-16,29H,4-10,17-18H2,1-3H3. The van der Waals surface area contributed by atoms with Gasteiger partial charge in [-0.2, -0.15) is 5.10 Å². The quantitative estimate of drug-likeness (QED) is 0.498. The predicted octanol–water partition coefficient (Wildman–Crippen LogP) is 4.72. The topological polar surface area (TPSA) is 47.9 Å². The number of likely N-dealkylation sites (N-methyl/N-ethyl adjacent to an activating group) is 1. The van der Waals surface area contributed by atoms with Crippen LogP contribution in [0.25, 0.3) is 11.1 Å². The van der Waals surface area contributed by atoms with Crippen LogP contribution in [-0.2, 0) is 31.4 Å². The summed E-state index contributed by atoms with van der Waals surface area (Å²) in [5, 5.41) is 4.21. The molecule has 2 aromatic carbocycles. The third-order valence-electron chi connectivity index (χ3n) is 8.24. The Kier molecular flexibility index (Phi) is 6.34. The van der Waals surface area contributed by atoms with E-state index in [1.165, 1.54) is 0 Å². The van der Waals surface area contributed by atoms with Gasteiger partial charge < -0.3 is 19.6 Å². The van der Waals surface area contributed by atoms with E-state index >= 15 is 0 Å². The summed E-state index contributed by atoms with van der Waals surface area (Å²) < 4.78 is 30.5. The first kappa shape index (κ1) is 24.9. The van der Waals surface area contributed by atoms with Gasteiger partial charge in [-0.15, -0.1) is 0 Å². The van der Waals surface area contributed by atoms with Crippen molar-refractivity contribution in [2.24, 2.45) is 7.05 Å². The first-order valence-electron chi connectivity index (χ1n) is 13.3. The lowest BCUT2D eigenvalue weighted by Crippen LogP contribution is -2.44. The van der Waals surface area contributed by atoms with Crippen molar-refractivity contribution in [1.29, 1.82) is 0 Å². The largest absolute Gasteiger partial charge is 0.369 e. The molecule has 7 nitrogen and oxygen atoms in total. The van der Waals surface area contributed by atoms with Crippen molar-refractivity contribution in [1.82, 2.24) is 19.6 Å². The molecule has 0 spiro atoms. The van der Waals surface area contributed by atoms with Crippen molar-refractivity contribution in [3.8, 4) is 11.1 Å². The summed E-state index contributed by atoms with van der Waals surface area (Å²) in [5.41, 5.74) is 7.66. The number of aryl methyl sites for hydroxylation is 2. The number of carbonyl (C=O) groups is 1. The Hall–Kier alpha value is -3.46. The Bertz CT molecular complexity index is 1380. The second-order valence-corrected chi connectivity index (χ2v) is 10.8. The highest BCUT2D eigenvalue weighted by atomic mass is 19.3. The van der Waals surface area contributed by atoms with Gasteiger partial charge in [0, 0.05) is 99.7 Å². The van der Waals surface area contributed by atoms with E-state index in [4.69, 9.17) is 0 Å². The zero-order chi connectivity index (χ0) is 26.6. The molecule has 3 aliphatic heterocycles. The molecule has 0 saturated carbocycles. The van der Waals surface area contributed by atoms with Crippen molar-refractivity contribution in [3.05, 3.63) is 58.9 Å². The molecule has 4 heterocycles. The van der Waals surface area contributed by atoms with E-state index in [2.05, 4.69) is 39.0 Å². The molecule has 1 fully saturated rings. The predicted molar refractivity (Wildman–Crippen MR) is 145 cm³/mol. The van der Waals surface area contributed by atoms with Crippen molar-refractivity contribution in [2.75, 3.05) is 49.6 Å². The maximum absolute atomic E-state index is 14.4. The number of hydrogen-bond acceptors (Lipinski definition) is 5. The Morgan fingerprint density at radius 1 is 0.947 bits per heavy atom. The van der Waals surface area contributed by atoms with Gasteiger partial charge in [0.15, 0.2) is 0 Å². The average molecular weight is 521 g/mol. The zero-order valence-corrected chi connectivity index (χ0v) is 22.3. The molecule has 0 atom stereocenters. The summed E-state index contributed by atoms with van der Waals surface area (Å²) in [5.74, 6) is 0.0495. The number of hydrogen-bond donors (Lipinski definition) is 0. The number of aromatic nitrogens is 2. The van der Waals surface area contributed by atoms with Gasteiger partial charge >= 0.3 is 0 Å². The van der Waals surface area contributed by atoms with Gasteiger partial charge in [-0.05, 0) is 60.8 Å². The Labute approximate surface area is 222 Å². The molecule has 0 radical (unpaired) electrons. The molecule has 9 heteroatoms. The molecule has 0 bridgehead atoms. The van der Waals surface area contributed by atoms with Crippen LogP contribution in [-0.4, -0.2) is 65.3 Å². The fourth-order valence-electron chi connectivity index (χ4n) is 6.08. The maximum Gasteiger partial charge on any atom is 0.264 e. The number of benzene rings is 2. The highest BCUT2D eigenvalue weighted by molar-refractivity contribution is 5.81. The second kappa shape index (κ2) is 9.69. The number of alkyl halides is 2. The second-order valence-electron chi connectivity index (χ2n) is 10.8. The zero-order valence-electron chi connectivity index (χ0n) is 22.3. The van der Waals surface area contributed by atoms with Gasteiger partial charge in [0.05, 0.1) is 6.20 Å². The summed E-state index contributed by atoms with van der Waals surface area (Å²) in [6.07, 6.45) is 2.60. The Balaban J connectivity index is 1.47. The number of nitrogens with zero attached hydrogens (tertiary/aromatic N) is 6. The minimum Gasteiger partial charge on any atom is -0.369 e. The van der Waals surface area contributed by atoms with E-state index in [1.807, 2.05) is 11.0 Å². The number of piperazine rings is 1. The van der Waals surface area contributed by atoms with Crippen LogP contribution < -0.4 is 9.80 Å². The van der Waals surface area contributed by atoms with Crippen molar-refractivity contribution < 1.29 is 13.6 Å². The lowest BCUT2D eigenvalue weighted by atomic mass is 9.92. The fraction of sp³-hybridized carbons (Fsp3) is 0.448. The van der Waals surface area contributed by atoms with Crippen molar-refractivity contribution >= 4 is 23.0 Å². The molecule has 3 aromatic rings. The molecule has 1 amide bonds. The molecule has 0 N–H and O–H groups in total. The minimum absolute atomic E-state index is 0.0286. The van der Waals surface area contributed by atoms with Crippen molar-refractivity contribution in [2.45, 2.75) is 39.3 Å². The van der Waals surface area contributed by atoms with E-state index in [-0.39, 0.29) is 11.5 Å². The van der Waals surface area contributed by atoms with Crippen LogP contribution in [0.5, 0.6) is 0 Å². The van der Waals surface area contributed by atoms with E-state index in [1.54, 1.807) is 37.1 Å². The number of fused-ring (bicyclic) bond motifs is 2. The molecule has 38 heavy (non-hydrogen) atoms. The number of rotatable bonds is 4. The summed E-state index contributed by atoms with van der Waals surface area (Å²) in [6.45, 7) is 7.35. The molecule has 1 aromatic heterocycles. The van der Waals surface area contributed by atoms with Gasteiger partial charge in [0.25, 0.3) is 6.43 Å². The Morgan fingerprint density at radius 3 is 2.42 bits per heavy atom. The minimum atomic E-state index is -2.60.